The average molecular weight is 416 g/mol. The summed E-state index contributed by atoms with van der Waals surface area (Å²) in [6.45, 7) is 1.78. The van der Waals surface area contributed by atoms with E-state index >= 15 is 0 Å². The molecule has 3 nitrogen and oxygen atoms in total. The SMILES string of the molecule is COC(=O)C(C)(Nc1ccccc1Cl)c1ccc(I)cc1. The number of carbonyl (C=O) groups excluding carboxylic acids is 1. The molecule has 0 radical (unpaired) electrons. The number of para-hydroxylation sites is 1. The lowest BCUT2D eigenvalue weighted by Gasteiger charge is -2.30. The number of nitrogens with one attached hydrogen (secondary N) is 1. The minimum Gasteiger partial charge on any atom is -0.467 e. The Morgan fingerprint density at radius 1 is 1.19 bits per heavy atom. The number of methoxy groups -OCH3 is 1. The van der Waals surface area contributed by atoms with Crippen LogP contribution in [0.15, 0.2) is 48.5 Å². The van der Waals surface area contributed by atoms with Gasteiger partial charge < -0.3 is 10.1 Å². The molecule has 5 heteroatoms. The molecule has 0 aliphatic rings. The van der Waals surface area contributed by atoms with Crippen LogP contribution in [0.4, 0.5) is 5.69 Å². The largest absolute Gasteiger partial charge is 0.467 e. The Hall–Kier alpha value is -1.27. The van der Waals surface area contributed by atoms with E-state index in [-0.39, 0.29) is 5.97 Å². The molecule has 1 atom stereocenters. The van der Waals surface area contributed by atoms with Gasteiger partial charge in [0.1, 0.15) is 0 Å². The van der Waals surface area contributed by atoms with Crippen molar-refractivity contribution in [2.75, 3.05) is 12.4 Å². The highest BCUT2D eigenvalue weighted by atomic mass is 127. The van der Waals surface area contributed by atoms with E-state index in [9.17, 15) is 4.79 Å². The number of hydrogen-bond acceptors (Lipinski definition) is 3. The summed E-state index contributed by atoms with van der Waals surface area (Å²) in [5.74, 6) is -0.372. The third kappa shape index (κ3) is 3.49. The normalized spacial score (nSPS) is 13.3. The molecular weight excluding hydrogens is 401 g/mol. The fraction of sp³-hybridized carbons (Fsp3) is 0.188. The molecule has 2 aromatic rings. The number of anilines is 1. The van der Waals surface area contributed by atoms with Crippen LogP contribution in [0, 0.1) is 3.57 Å². The van der Waals surface area contributed by atoms with E-state index in [0.29, 0.717) is 10.7 Å². The van der Waals surface area contributed by atoms with Gasteiger partial charge in [-0.1, -0.05) is 35.9 Å². The maximum atomic E-state index is 12.3. The molecule has 0 aliphatic carbocycles. The van der Waals surface area contributed by atoms with Crippen LogP contribution in [0.3, 0.4) is 0 Å². The van der Waals surface area contributed by atoms with Gasteiger partial charge in [-0.05, 0) is 59.3 Å². The van der Waals surface area contributed by atoms with Crippen molar-refractivity contribution in [2.24, 2.45) is 0 Å². The van der Waals surface area contributed by atoms with Gasteiger partial charge in [0.05, 0.1) is 17.8 Å². The molecule has 110 valence electrons. The molecule has 2 rings (SSSR count). The summed E-state index contributed by atoms with van der Waals surface area (Å²) in [5.41, 5.74) is 0.490. The number of hydrogen-bond donors (Lipinski definition) is 1. The number of rotatable bonds is 4. The highest BCUT2D eigenvalue weighted by Gasteiger charge is 2.36. The summed E-state index contributed by atoms with van der Waals surface area (Å²) in [6, 6.07) is 15.0. The van der Waals surface area contributed by atoms with E-state index in [1.807, 2.05) is 42.5 Å². The Labute approximate surface area is 142 Å². The third-order valence-corrected chi connectivity index (χ3v) is 4.32. The molecule has 0 heterocycles. The number of ether oxygens (including phenoxy) is 1. The van der Waals surface area contributed by atoms with Gasteiger partial charge in [0.25, 0.3) is 0 Å². The van der Waals surface area contributed by atoms with Crippen molar-refractivity contribution in [1.82, 2.24) is 0 Å². The van der Waals surface area contributed by atoms with Crippen LogP contribution in [-0.4, -0.2) is 13.1 Å². The standard InChI is InChI=1S/C16H15ClINO2/c1-16(15(20)21-2,11-7-9-12(18)10-8-11)19-14-6-4-3-5-13(14)17/h3-10,19H,1-2H3. The van der Waals surface area contributed by atoms with Gasteiger partial charge in [0, 0.05) is 3.57 Å². The quantitative estimate of drug-likeness (QED) is 0.592. The van der Waals surface area contributed by atoms with Crippen LogP contribution in [-0.2, 0) is 15.1 Å². The summed E-state index contributed by atoms with van der Waals surface area (Å²) in [6.07, 6.45) is 0. The predicted octanol–water partition coefficient (Wildman–Crippen LogP) is 4.44. The van der Waals surface area contributed by atoms with Crippen molar-refractivity contribution in [3.8, 4) is 0 Å². The molecule has 1 unspecified atom stereocenters. The summed E-state index contributed by atoms with van der Waals surface area (Å²) in [4.78, 5) is 12.3. The first-order valence-corrected chi connectivity index (χ1v) is 7.80. The van der Waals surface area contributed by atoms with E-state index in [4.69, 9.17) is 16.3 Å². The summed E-state index contributed by atoms with van der Waals surface area (Å²) in [7, 11) is 1.38. The molecular formula is C16H15ClINO2. The second-order valence-electron chi connectivity index (χ2n) is 4.73. The van der Waals surface area contributed by atoms with E-state index in [1.54, 1.807) is 13.0 Å². The van der Waals surface area contributed by atoms with Crippen molar-refractivity contribution in [1.29, 1.82) is 0 Å². The zero-order valence-electron chi connectivity index (χ0n) is 11.7. The number of esters is 1. The molecule has 0 spiro atoms. The topological polar surface area (TPSA) is 38.3 Å². The van der Waals surface area contributed by atoms with Gasteiger partial charge in [-0.25, -0.2) is 4.79 Å². The van der Waals surface area contributed by atoms with Gasteiger partial charge in [-0.3, -0.25) is 0 Å². The molecule has 0 saturated carbocycles. The summed E-state index contributed by atoms with van der Waals surface area (Å²) in [5, 5.41) is 3.76. The first kappa shape index (κ1) is 16.1. The van der Waals surface area contributed by atoms with Crippen LogP contribution in [0.2, 0.25) is 5.02 Å². The molecule has 0 saturated heterocycles. The third-order valence-electron chi connectivity index (χ3n) is 3.27. The lowest BCUT2D eigenvalue weighted by molar-refractivity contribution is -0.145. The highest BCUT2D eigenvalue weighted by Crippen LogP contribution is 2.31. The molecule has 1 N–H and O–H groups in total. The van der Waals surface area contributed by atoms with Gasteiger partial charge in [-0.15, -0.1) is 0 Å². The van der Waals surface area contributed by atoms with E-state index in [2.05, 4.69) is 27.9 Å². The maximum Gasteiger partial charge on any atom is 0.335 e. The van der Waals surface area contributed by atoms with Crippen LogP contribution < -0.4 is 5.32 Å². The smallest absolute Gasteiger partial charge is 0.335 e. The lowest BCUT2D eigenvalue weighted by atomic mass is 9.91. The number of carbonyl (C=O) groups is 1. The van der Waals surface area contributed by atoms with E-state index < -0.39 is 5.54 Å². The fourth-order valence-corrected chi connectivity index (χ4v) is 2.60. The first-order chi connectivity index (χ1) is 9.97. The molecule has 2 aromatic carbocycles. The Balaban J connectivity index is 2.45. The molecule has 0 amide bonds. The second kappa shape index (κ2) is 6.66. The molecule has 0 bridgehead atoms. The monoisotopic (exact) mass is 415 g/mol. The van der Waals surface area contributed by atoms with Gasteiger partial charge in [-0.2, -0.15) is 0 Å². The Morgan fingerprint density at radius 2 is 1.81 bits per heavy atom. The highest BCUT2D eigenvalue weighted by molar-refractivity contribution is 14.1. The van der Waals surface area contributed by atoms with Crippen molar-refractivity contribution in [3.63, 3.8) is 0 Å². The van der Waals surface area contributed by atoms with Crippen molar-refractivity contribution < 1.29 is 9.53 Å². The van der Waals surface area contributed by atoms with Crippen LogP contribution in [0.1, 0.15) is 12.5 Å². The first-order valence-electron chi connectivity index (χ1n) is 6.34. The second-order valence-corrected chi connectivity index (χ2v) is 6.38. The average Bonchev–Trinajstić information content (AvgIpc) is 2.49. The minimum atomic E-state index is -1.01. The maximum absolute atomic E-state index is 12.3. The van der Waals surface area contributed by atoms with Crippen LogP contribution in [0.25, 0.3) is 0 Å². The van der Waals surface area contributed by atoms with Crippen molar-refractivity contribution in [3.05, 3.63) is 62.7 Å². The van der Waals surface area contributed by atoms with Gasteiger partial charge in [0.2, 0.25) is 0 Å². The van der Waals surface area contributed by atoms with E-state index in [1.165, 1.54) is 7.11 Å². The number of benzene rings is 2. The summed E-state index contributed by atoms with van der Waals surface area (Å²) >= 11 is 8.40. The fourth-order valence-electron chi connectivity index (χ4n) is 2.06. The Morgan fingerprint density at radius 3 is 2.38 bits per heavy atom. The lowest BCUT2D eigenvalue weighted by Crippen LogP contribution is -2.41. The van der Waals surface area contributed by atoms with Gasteiger partial charge >= 0.3 is 5.97 Å². The minimum absolute atomic E-state index is 0.372. The Bertz CT molecular complexity index is 645. The zero-order chi connectivity index (χ0) is 15.5. The molecule has 21 heavy (non-hydrogen) atoms. The van der Waals surface area contributed by atoms with Crippen LogP contribution >= 0.6 is 34.2 Å². The van der Waals surface area contributed by atoms with E-state index in [0.717, 1.165) is 9.13 Å². The zero-order valence-corrected chi connectivity index (χ0v) is 14.6. The summed E-state index contributed by atoms with van der Waals surface area (Å²) < 4.78 is 6.06. The molecule has 0 aliphatic heterocycles. The predicted molar refractivity (Wildman–Crippen MR) is 93.6 cm³/mol. The number of halogens is 2. The Kier molecular flexibility index (Phi) is 5.11. The molecule has 0 fully saturated rings. The molecule has 0 aromatic heterocycles. The van der Waals surface area contributed by atoms with Crippen molar-refractivity contribution >= 4 is 45.8 Å². The van der Waals surface area contributed by atoms with Gasteiger partial charge in [0.15, 0.2) is 5.54 Å². The van der Waals surface area contributed by atoms with Crippen molar-refractivity contribution in [2.45, 2.75) is 12.5 Å². The van der Waals surface area contributed by atoms with Crippen LogP contribution in [0.5, 0.6) is 0 Å².